The SMILES string of the molecule is CS(=O)(=O)NCCNC(=O)C=Cc1cc(CO)cs1. The van der Waals surface area contributed by atoms with Gasteiger partial charge in [0.1, 0.15) is 0 Å². The van der Waals surface area contributed by atoms with Crippen LogP contribution in [0.4, 0.5) is 0 Å². The van der Waals surface area contributed by atoms with Crippen LogP contribution in [0.25, 0.3) is 6.08 Å². The summed E-state index contributed by atoms with van der Waals surface area (Å²) in [5.74, 6) is -0.297. The summed E-state index contributed by atoms with van der Waals surface area (Å²) >= 11 is 1.43. The molecule has 0 saturated carbocycles. The van der Waals surface area contributed by atoms with Crippen LogP contribution in [0.15, 0.2) is 17.5 Å². The smallest absolute Gasteiger partial charge is 0.244 e. The number of nitrogens with one attached hydrogen (secondary N) is 2. The van der Waals surface area contributed by atoms with Gasteiger partial charge in [0.05, 0.1) is 12.9 Å². The van der Waals surface area contributed by atoms with Crippen molar-refractivity contribution in [1.82, 2.24) is 10.0 Å². The first kappa shape index (κ1) is 15.8. The molecule has 0 fully saturated rings. The van der Waals surface area contributed by atoms with Crippen molar-refractivity contribution in [3.63, 3.8) is 0 Å². The highest BCUT2D eigenvalue weighted by Gasteiger charge is 2.00. The van der Waals surface area contributed by atoms with Gasteiger partial charge in [0.15, 0.2) is 0 Å². The zero-order chi connectivity index (χ0) is 14.3. The number of carbonyl (C=O) groups is 1. The number of hydrogen-bond donors (Lipinski definition) is 3. The van der Waals surface area contributed by atoms with E-state index in [9.17, 15) is 13.2 Å². The topological polar surface area (TPSA) is 95.5 Å². The van der Waals surface area contributed by atoms with Gasteiger partial charge in [-0.15, -0.1) is 11.3 Å². The number of thiophene rings is 1. The van der Waals surface area contributed by atoms with E-state index in [1.807, 2.05) is 5.38 Å². The predicted molar refractivity (Wildman–Crippen MR) is 75.1 cm³/mol. The fourth-order valence-electron chi connectivity index (χ4n) is 1.20. The Labute approximate surface area is 116 Å². The minimum absolute atomic E-state index is 0.0201. The van der Waals surface area contributed by atoms with Crippen LogP contribution in [-0.2, 0) is 21.4 Å². The van der Waals surface area contributed by atoms with Crippen molar-refractivity contribution in [3.05, 3.63) is 28.0 Å². The molecule has 106 valence electrons. The molecule has 0 bridgehead atoms. The van der Waals surface area contributed by atoms with Crippen LogP contribution in [0.3, 0.4) is 0 Å². The molecule has 0 unspecified atom stereocenters. The molecule has 0 aromatic carbocycles. The highest BCUT2D eigenvalue weighted by molar-refractivity contribution is 7.88. The molecule has 19 heavy (non-hydrogen) atoms. The third-order valence-electron chi connectivity index (χ3n) is 2.04. The lowest BCUT2D eigenvalue weighted by Gasteiger charge is -2.02. The highest BCUT2D eigenvalue weighted by Crippen LogP contribution is 2.15. The minimum Gasteiger partial charge on any atom is -0.392 e. The maximum absolute atomic E-state index is 11.4. The number of rotatable bonds is 7. The monoisotopic (exact) mass is 304 g/mol. The van der Waals surface area contributed by atoms with E-state index in [4.69, 9.17) is 5.11 Å². The van der Waals surface area contributed by atoms with E-state index < -0.39 is 10.0 Å². The Kier molecular flexibility index (Phi) is 6.16. The third kappa shape index (κ3) is 7.06. The van der Waals surface area contributed by atoms with Gasteiger partial charge < -0.3 is 10.4 Å². The average Bonchev–Trinajstić information content (AvgIpc) is 2.79. The van der Waals surface area contributed by atoms with Gasteiger partial charge in [-0.05, 0) is 23.1 Å². The van der Waals surface area contributed by atoms with Crippen molar-refractivity contribution in [1.29, 1.82) is 0 Å². The lowest BCUT2D eigenvalue weighted by atomic mass is 10.3. The van der Waals surface area contributed by atoms with Crippen molar-refractivity contribution >= 4 is 33.3 Å². The molecule has 1 aromatic heterocycles. The third-order valence-corrected chi connectivity index (χ3v) is 3.72. The predicted octanol–water partition coefficient (Wildman–Crippen LogP) is -0.0810. The standard InChI is InChI=1S/C11H16N2O4S2/c1-19(16,17)13-5-4-12-11(15)3-2-10-6-9(7-14)8-18-10/h2-3,6,8,13-14H,4-5,7H2,1H3,(H,12,15). The van der Waals surface area contributed by atoms with E-state index in [1.54, 1.807) is 12.1 Å². The summed E-state index contributed by atoms with van der Waals surface area (Å²) in [7, 11) is -3.22. The number of aliphatic hydroxyl groups excluding tert-OH is 1. The number of carbonyl (C=O) groups excluding carboxylic acids is 1. The maximum atomic E-state index is 11.4. The van der Waals surface area contributed by atoms with Crippen LogP contribution in [0.2, 0.25) is 0 Å². The van der Waals surface area contributed by atoms with Crippen molar-refractivity contribution < 1.29 is 18.3 Å². The van der Waals surface area contributed by atoms with E-state index in [1.165, 1.54) is 17.4 Å². The number of hydrogen-bond acceptors (Lipinski definition) is 5. The van der Waals surface area contributed by atoms with Crippen molar-refractivity contribution in [3.8, 4) is 0 Å². The summed E-state index contributed by atoms with van der Waals surface area (Å²) in [5.41, 5.74) is 0.808. The Morgan fingerprint density at radius 1 is 1.47 bits per heavy atom. The Morgan fingerprint density at radius 2 is 2.21 bits per heavy atom. The Balaban J connectivity index is 2.31. The number of aliphatic hydroxyl groups is 1. The van der Waals surface area contributed by atoms with Crippen LogP contribution in [0.5, 0.6) is 0 Å². The van der Waals surface area contributed by atoms with Crippen molar-refractivity contribution in [2.24, 2.45) is 0 Å². The van der Waals surface area contributed by atoms with E-state index in [0.717, 1.165) is 16.7 Å². The first-order valence-electron chi connectivity index (χ1n) is 5.49. The first-order chi connectivity index (χ1) is 8.90. The van der Waals surface area contributed by atoms with Crippen LogP contribution >= 0.6 is 11.3 Å². The molecule has 0 spiro atoms. The zero-order valence-electron chi connectivity index (χ0n) is 10.4. The zero-order valence-corrected chi connectivity index (χ0v) is 12.1. The second-order valence-electron chi connectivity index (χ2n) is 3.81. The molecule has 1 amide bonds. The molecule has 0 aliphatic rings. The molecule has 0 radical (unpaired) electrons. The summed E-state index contributed by atoms with van der Waals surface area (Å²) in [6.45, 7) is 0.363. The van der Waals surface area contributed by atoms with Gasteiger partial charge in [0, 0.05) is 24.0 Å². The van der Waals surface area contributed by atoms with E-state index in [2.05, 4.69) is 10.0 Å². The van der Waals surface area contributed by atoms with Gasteiger partial charge >= 0.3 is 0 Å². The molecule has 0 aliphatic carbocycles. The summed E-state index contributed by atoms with van der Waals surface area (Å²) in [6, 6.07) is 1.79. The van der Waals surface area contributed by atoms with Gasteiger partial charge in [0.2, 0.25) is 15.9 Å². The second kappa shape index (κ2) is 7.39. The normalized spacial score (nSPS) is 11.9. The number of amides is 1. The van der Waals surface area contributed by atoms with Gasteiger partial charge in [-0.3, -0.25) is 4.79 Å². The van der Waals surface area contributed by atoms with Gasteiger partial charge in [-0.1, -0.05) is 0 Å². The molecular formula is C11H16N2O4S2. The van der Waals surface area contributed by atoms with Gasteiger partial charge in [0.25, 0.3) is 0 Å². The Bertz CT molecular complexity index is 549. The summed E-state index contributed by atoms with van der Waals surface area (Å²) in [5, 5.41) is 13.2. The Morgan fingerprint density at radius 3 is 2.79 bits per heavy atom. The quantitative estimate of drug-likeness (QED) is 0.485. The number of sulfonamides is 1. The summed E-state index contributed by atoms with van der Waals surface area (Å²) in [4.78, 5) is 12.3. The van der Waals surface area contributed by atoms with E-state index in [0.29, 0.717) is 0 Å². The second-order valence-corrected chi connectivity index (χ2v) is 6.58. The molecule has 1 aromatic rings. The average molecular weight is 304 g/mol. The lowest BCUT2D eigenvalue weighted by Crippen LogP contribution is -2.33. The molecule has 1 rings (SSSR count). The molecule has 8 heteroatoms. The van der Waals surface area contributed by atoms with E-state index in [-0.39, 0.29) is 25.6 Å². The molecule has 3 N–H and O–H groups in total. The van der Waals surface area contributed by atoms with Crippen LogP contribution < -0.4 is 10.0 Å². The summed E-state index contributed by atoms with van der Waals surface area (Å²) in [6.07, 6.45) is 4.07. The summed E-state index contributed by atoms with van der Waals surface area (Å²) < 4.78 is 23.8. The molecular weight excluding hydrogens is 288 g/mol. The molecule has 1 heterocycles. The van der Waals surface area contributed by atoms with Crippen LogP contribution in [0, 0.1) is 0 Å². The molecule has 0 saturated heterocycles. The minimum atomic E-state index is -3.22. The highest BCUT2D eigenvalue weighted by atomic mass is 32.2. The maximum Gasteiger partial charge on any atom is 0.244 e. The molecule has 0 aliphatic heterocycles. The first-order valence-corrected chi connectivity index (χ1v) is 8.26. The Hall–Kier alpha value is -1.22. The fraction of sp³-hybridized carbons (Fsp3) is 0.364. The van der Waals surface area contributed by atoms with Crippen molar-refractivity contribution in [2.45, 2.75) is 6.61 Å². The van der Waals surface area contributed by atoms with Gasteiger partial charge in [-0.2, -0.15) is 0 Å². The largest absolute Gasteiger partial charge is 0.392 e. The van der Waals surface area contributed by atoms with Gasteiger partial charge in [-0.25, -0.2) is 13.1 Å². The van der Waals surface area contributed by atoms with Crippen LogP contribution in [0.1, 0.15) is 10.4 Å². The van der Waals surface area contributed by atoms with Crippen LogP contribution in [-0.4, -0.2) is 38.8 Å². The van der Waals surface area contributed by atoms with Crippen molar-refractivity contribution in [2.75, 3.05) is 19.3 Å². The molecule has 0 atom stereocenters. The van der Waals surface area contributed by atoms with E-state index >= 15 is 0 Å². The fourth-order valence-corrected chi connectivity index (χ4v) is 2.47. The molecule has 6 nitrogen and oxygen atoms in total. The lowest BCUT2D eigenvalue weighted by molar-refractivity contribution is -0.116.